The topological polar surface area (TPSA) is 43.1 Å². The van der Waals surface area contributed by atoms with Crippen LogP contribution in [0.25, 0.3) is 6.08 Å². The maximum Gasteiger partial charge on any atom is 0.269 e. The van der Waals surface area contributed by atoms with Gasteiger partial charge >= 0.3 is 0 Å². The van der Waals surface area contributed by atoms with E-state index in [9.17, 15) is 10.1 Å². The lowest BCUT2D eigenvalue weighted by Crippen LogP contribution is -1.86. The van der Waals surface area contributed by atoms with Crippen LogP contribution < -0.4 is 0 Å². The van der Waals surface area contributed by atoms with Crippen molar-refractivity contribution in [2.24, 2.45) is 0 Å². The highest BCUT2D eigenvalue weighted by Gasteiger charge is 2.01. The molecule has 62 valence electrons. The molecular weight excluding hydrogens is 154 g/mol. The predicted octanol–water partition coefficient (Wildman–Crippen LogP) is 2.63. The van der Waals surface area contributed by atoms with Gasteiger partial charge in [-0.05, 0) is 24.6 Å². The summed E-state index contributed by atoms with van der Waals surface area (Å²) in [6.45, 7) is 1.90. The Labute approximate surface area is 70.5 Å². The summed E-state index contributed by atoms with van der Waals surface area (Å²) < 4.78 is 0. The molecule has 1 rings (SSSR count). The molecule has 3 nitrogen and oxygen atoms in total. The van der Waals surface area contributed by atoms with Crippen molar-refractivity contribution < 1.29 is 4.92 Å². The van der Waals surface area contributed by atoms with Crippen LogP contribution in [0.1, 0.15) is 12.5 Å². The van der Waals surface area contributed by atoms with Crippen molar-refractivity contribution in [2.75, 3.05) is 0 Å². The number of nitro groups is 1. The monoisotopic (exact) mass is 163 g/mol. The zero-order chi connectivity index (χ0) is 8.97. The first-order valence-electron chi connectivity index (χ1n) is 3.61. The highest BCUT2D eigenvalue weighted by Crippen LogP contribution is 2.12. The van der Waals surface area contributed by atoms with Crippen LogP contribution in [0.15, 0.2) is 30.3 Å². The lowest BCUT2D eigenvalue weighted by molar-refractivity contribution is -0.384. The van der Waals surface area contributed by atoms with Gasteiger partial charge in [0.1, 0.15) is 0 Å². The normalized spacial score (nSPS) is 10.4. The Bertz CT molecular complexity index is 301. The molecule has 0 N–H and O–H groups in total. The van der Waals surface area contributed by atoms with Gasteiger partial charge in [0.25, 0.3) is 5.69 Å². The summed E-state index contributed by atoms with van der Waals surface area (Å²) >= 11 is 0. The third-order valence-corrected chi connectivity index (χ3v) is 1.46. The molecule has 0 amide bonds. The third-order valence-electron chi connectivity index (χ3n) is 1.46. The number of allylic oxidation sites excluding steroid dienone is 1. The number of nitrogens with zero attached hydrogens (tertiary/aromatic N) is 1. The maximum atomic E-state index is 10.3. The molecule has 0 aliphatic heterocycles. The molecule has 3 heteroatoms. The van der Waals surface area contributed by atoms with Gasteiger partial charge in [-0.25, -0.2) is 0 Å². The molecule has 1 aromatic carbocycles. The first-order valence-corrected chi connectivity index (χ1v) is 3.61. The van der Waals surface area contributed by atoms with Crippen LogP contribution in [0.3, 0.4) is 0 Å². The molecule has 0 aliphatic carbocycles. The van der Waals surface area contributed by atoms with Crippen molar-refractivity contribution >= 4 is 11.8 Å². The van der Waals surface area contributed by atoms with Crippen LogP contribution >= 0.6 is 0 Å². The van der Waals surface area contributed by atoms with Gasteiger partial charge in [-0.3, -0.25) is 10.1 Å². The van der Waals surface area contributed by atoms with Crippen LogP contribution in [0.5, 0.6) is 0 Å². The SMILES string of the molecule is CC=Cc1ccc([N+](=O)[O-])cc1. The summed E-state index contributed by atoms with van der Waals surface area (Å²) in [7, 11) is 0. The molecule has 0 aromatic heterocycles. The fourth-order valence-corrected chi connectivity index (χ4v) is 0.900. The van der Waals surface area contributed by atoms with Crippen molar-refractivity contribution in [1.82, 2.24) is 0 Å². The predicted molar refractivity (Wildman–Crippen MR) is 47.8 cm³/mol. The first kappa shape index (κ1) is 8.46. The van der Waals surface area contributed by atoms with Gasteiger partial charge in [-0.1, -0.05) is 12.2 Å². The molecule has 0 atom stereocenters. The Morgan fingerprint density at radius 3 is 2.33 bits per heavy atom. The van der Waals surface area contributed by atoms with Crippen molar-refractivity contribution in [3.05, 3.63) is 46.0 Å². The Balaban J connectivity index is 2.93. The molecule has 0 spiro atoms. The largest absolute Gasteiger partial charge is 0.269 e. The van der Waals surface area contributed by atoms with Crippen LogP contribution in [-0.2, 0) is 0 Å². The molecule has 0 saturated heterocycles. The van der Waals surface area contributed by atoms with E-state index in [0.29, 0.717) is 0 Å². The molecule has 0 unspecified atom stereocenters. The maximum absolute atomic E-state index is 10.3. The van der Waals surface area contributed by atoms with E-state index in [1.165, 1.54) is 12.1 Å². The number of hydrogen-bond acceptors (Lipinski definition) is 2. The van der Waals surface area contributed by atoms with Gasteiger partial charge in [0.05, 0.1) is 4.92 Å². The van der Waals surface area contributed by atoms with Gasteiger partial charge in [-0.2, -0.15) is 0 Å². The van der Waals surface area contributed by atoms with Crippen molar-refractivity contribution in [1.29, 1.82) is 0 Å². The Morgan fingerprint density at radius 2 is 1.92 bits per heavy atom. The lowest BCUT2D eigenvalue weighted by Gasteiger charge is -1.91. The second-order valence-corrected chi connectivity index (χ2v) is 2.35. The van der Waals surface area contributed by atoms with E-state index in [2.05, 4.69) is 0 Å². The Hall–Kier alpha value is -1.64. The molecule has 0 heterocycles. The van der Waals surface area contributed by atoms with E-state index in [-0.39, 0.29) is 5.69 Å². The van der Waals surface area contributed by atoms with E-state index >= 15 is 0 Å². The van der Waals surface area contributed by atoms with Crippen molar-refractivity contribution in [3.63, 3.8) is 0 Å². The van der Waals surface area contributed by atoms with Crippen LogP contribution in [0.4, 0.5) is 5.69 Å². The number of non-ortho nitro benzene ring substituents is 1. The van der Waals surface area contributed by atoms with Gasteiger partial charge < -0.3 is 0 Å². The van der Waals surface area contributed by atoms with Gasteiger partial charge in [0.2, 0.25) is 0 Å². The Kier molecular flexibility index (Phi) is 2.58. The second kappa shape index (κ2) is 3.67. The molecule has 1 aromatic rings. The standard InChI is InChI=1S/C9H9NO2/c1-2-3-8-4-6-9(7-5-8)10(11)12/h2-7H,1H3. The molecule has 0 saturated carbocycles. The molecule has 0 bridgehead atoms. The van der Waals surface area contributed by atoms with E-state index in [0.717, 1.165) is 5.56 Å². The lowest BCUT2D eigenvalue weighted by atomic mass is 10.2. The minimum atomic E-state index is -0.403. The van der Waals surface area contributed by atoms with Gasteiger partial charge in [0, 0.05) is 12.1 Å². The van der Waals surface area contributed by atoms with Crippen LogP contribution in [-0.4, -0.2) is 4.92 Å². The van der Waals surface area contributed by atoms with Gasteiger partial charge in [-0.15, -0.1) is 0 Å². The highest BCUT2D eigenvalue weighted by atomic mass is 16.6. The minimum absolute atomic E-state index is 0.128. The van der Waals surface area contributed by atoms with E-state index in [1.54, 1.807) is 12.1 Å². The number of nitro benzene ring substituents is 1. The number of rotatable bonds is 2. The van der Waals surface area contributed by atoms with Gasteiger partial charge in [0.15, 0.2) is 0 Å². The zero-order valence-corrected chi connectivity index (χ0v) is 6.73. The molecule has 12 heavy (non-hydrogen) atoms. The molecular formula is C9H9NO2. The van der Waals surface area contributed by atoms with Crippen molar-refractivity contribution in [2.45, 2.75) is 6.92 Å². The van der Waals surface area contributed by atoms with Crippen LogP contribution in [0, 0.1) is 10.1 Å². The quantitative estimate of drug-likeness (QED) is 0.496. The Morgan fingerprint density at radius 1 is 1.33 bits per heavy atom. The third kappa shape index (κ3) is 1.92. The summed E-state index contributed by atoms with van der Waals surface area (Å²) in [6, 6.07) is 6.43. The fraction of sp³-hybridized carbons (Fsp3) is 0.111. The summed E-state index contributed by atoms with van der Waals surface area (Å²) in [6.07, 6.45) is 3.78. The minimum Gasteiger partial charge on any atom is -0.258 e. The molecule has 0 aliphatic rings. The zero-order valence-electron chi connectivity index (χ0n) is 6.73. The van der Waals surface area contributed by atoms with Crippen molar-refractivity contribution in [3.8, 4) is 0 Å². The number of benzene rings is 1. The number of hydrogen-bond donors (Lipinski definition) is 0. The van der Waals surface area contributed by atoms with Crippen LogP contribution in [0.2, 0.25) is 0 Å². The van der Waals surface area contributed by atoms with E-state index < -0.39 is 4.92 Å². The summed E-state index contributed by atoms with van der Waals surface area (Å²) in [4.78, 5) is 9.85. The van der Waals surface area contributed by atoms with E-state index in [1.807, 2.05) is 19.1 Å². The van der Waals surface area contributed by atoms with E-state index in [4.69, 9.17) is 0 Å². The smallest absolute Gasteiger partial charge is 0.258 e. The summed E-state index contributed by atoms with van der Waals surface area (Å²) in [5, 5.41) is 10.3. The summed E-state index contributed by atoms with van der Waals surface area (Å²) in [5.41, 5.74) is 1.10. The molecule has 0 fully saturated rings. The molecule has 0 radical (unpaired) electrons. The second-order valence-electron chi connectivity index (χ2n) is 2.35. The first-order chi connectivity index (χ1) is 5.74. The average molecular weight is 163 g/mol. The highest BCUT2D eigenvalue weighted by molar-refractivity contribution is 5.51. The fourth-order valence-electron chi connectivity index (χ4n) is 0.900. The average Bonchev–Trinajstić information content (AvgIpc) is 2.06. The summed E-state index contributed by atoms with van der Waals surface area (Å²) in [5.74, 6) is 0.